The van der Waals surface area contributed by atoms with Gasteiger partial charge in [-0.25, -0.2) is 4.79 Å². The van der Waals surface area contributed by atoms with Crippen LogP contribution in [0.15, 0.2) is 41.0 Å². The molecule has 1 aromatic carbocycles. The Labute approximate surface area is 144 Å². The fourth-order valence-corrected chi connectivity index (χ4v) is 2.84. The van der Waals surface area contributed by atoms with E-state index >= 15 is 0 Å². The van der Waals surface area contributed by atoms with Crippen molar-refractivity contribution < 1.29 is 23.5 Å². The fraction of sp³-hybridized carbons (Fsp3) is 0.278. The topological polar surface area (TPSA) is 88.8 Å². The molecule has 1 atom stereocenters. The number of nitrogens with zero attached hydrogens (tertiary/aromatic N) is 1. The second kappa shape index (κ2) is 6.80. The summed E-state index contributed by atoms with van der Waals surface area (Å²) in [5, 5.41) is 2.78. The van der Waals surface area contributed by atoms with Crippen LogP contribution in [-0.2, 0) is 14.3 Å². The number of aryl methyl sites for hydroxylation is 1. The van der Waals surface area contributed by atoms with E-state index in [1.807, 2.05) is 0 Å². The first kappa shape index (κ1) is 16.8. The van der Waals surface area contributed by atoms with Crippen LogP contribution in [0.25, 0.3) is 0 Å². The monoisotopic (exact) mass is 342 g/mol. The Balaban J connectivity index is 1.77. The zero-order chi connectivity index (χ0) is 18.0. The van der Waals surface area contributed by atoms with Gasteiger partial charge in [0.1, 0.15) is 11.3 Å². The number of hydrogen-bond donors (Lipinski definition) is 1. The molecule has 0 aliphatic carbocycles. The van der Waals surface area contributed by atoms with Crippen LogP contribution < -0.4 is 10.2 Å². The van der Waals surface area contributed by atoms with E-state index in [-0.39, 0.29) is 23.9 Å². The fourth-order valence-electron chi connectivity index (χ4n) is 2.84. The third-order valence-electron chi connectivity index (χ3n) is 4.03. The number of para-hydroxylation sites is 2. The van der Waals surface area contributed by atoms with Gasteiger partial charge in [-0.15, -0.1) is 0 Å². The summed E-state index contributed by atoms with van der Waals surface area (Å²) in [7, 11) is 0. The minimum absolute atomic E-state index is 0.162. The van der Waals surface area contributed by atoms with Crippen molar-refractivity contribution in [1.29, 1.82) is 0 Å². The van der Waals surface area contributed by atoms with Crippen LogP contribution in [0.3, 0.4) is 0 Å². The number of esters is 1. The van der Waals surface area contributed by atoms with Crippen LogP contribution in [0.5, 0.6) is 0 Å². The van der Waals surface area contributed by atoms with Crippen LogP contribution in [0.2, 0.25) is 0 Å². The van der Waals surface area contributed by atoms with E-state index < -0.39 is 18.5 Å². The van der Waals surface area contributed by atoms with Crippen molar-refractivity contribution >= 4 is 29.2 Å². The van der Waals surface area contributed by atoms with Crippen molar-refractivity contribution in [1.82, 2.24) is 0 Å². The molecule has 7 nitrogen and oxygen atoms in total. The first-order valence-corrected chi connectivity index (χ1v) is 7.89. The zero-order valence-electron chi connectivity index (χ0n) is 13.9. The lowest BCUT2D eigenvalue weighted by Crippen LogP contribution is -2.41. The molecule has 130 valence electrons. The van der Waals surface area contributed by atoms with E-state index in [0.29, 0.717) is 17.1 Å². The van der Waals surface area contributed by atoms with Gasteiger partial charge < -0.3 is 19.4 Å². The molecule has 0 spiro atoms. The predicted molar refractivity (Wildman–Crippen MR) is 90.4 cm³/mol. The second-order valence-corrected chi connectivity index (χ2v) is 5.85. The molecule has 2 heterocycles. The second-order valence-electron chi connectivity index (χ2n) is 5.85. The number of carbonyl (C=O) groups excluding carboxylic acids is 3. The van der Waals surface area contributed by atoms with Crippen molar-refractivity contribution in [3.8, 4) is 0 Å². The van der Waals surface area contributed by atoms with Crippen LogP contribution in [0.1, 0.15) is 29.5 Å². The number of fused-ring (bicyclic) bond motifs is 1. The number of furan rings is 1. The van der Waals surface area contributed by atoms with Gasteiger partial charge >= 0.3 is 5.97 Å². The highest BCUT2D eigenvalue weighted by Gasteiger charge is 2.30. The Hall–Kier alpha value is -3.09. The van der Waals surface area contributed by atoms with E-state index in [9.17, 15) is 14.4 Å². The van der Waals surface area contributed by atoms with Gasteiger partial charge in [0.05, 0.1) is 17.6 Å². The summed E-state index contributed by atoms with van der Waals surface area (Å²) < 4.78 is 10.2. The molecular weight excluding hydrogens is 324 g/mol. The summed E-state index contributed by atoms with van der Waals surface area (Å²) in [5.74, 6) is -0.752. The van der Waals surface area contributed by atoms with Crippen LogP contribution in [0.4, 0.5) is 11.4 Å². The molecule has 1 aromatic heterocycles. The van der Waals surface area contributed by atoms with E-state index in [4.69, 9.17) is 9.15 Å². The number of benzene rings is 1. The first-order chi connectivity index (χ1) is 12.0. The van der Waals surface area contributed by atoms with Crippen molar-refractivity contribution in [2.75, 3.05) is 16.8 Å². The number of anilines is 2. The largest absolute Gasteiger partial charge is 0.469 e. The molecule has 7 heteroatoms. The number of hydrogen-bond acceptors (Lipinski definition) is 5. The van der Waals surface area contributed by atoms with E-state index in [1.54, 1.807) is 38.1 Å². The Bertz CT molecular complexity index is 826. The van der Waals surface area contributed by atoms with Crippen LogP contribution in [-0.4, -0.2) is 30.4 Å². The highest BCUT2D eigenvalue weighted by atomic mass is 16.5. The minimum atomic E-state index is -0.621. The Morgan fingerprint density at radius 3 is 2.80 bits per heavy atom. The molecule has 0 radical (unpaired) electrons. The SMILES string of the molecule is Cc1occc1C(=O)OCC(=O)N1c2ccccc2NC(=O)C[C@H]1C. The maximum atomic E-state index is 12.7. The van der Waals surface area contributed by atoms with E-state index in [1.165, 1.54) is 17.2 Å². The summed E-state index contributed by atoms with van der Waals surface area (Å²) >= 11 is 0. The lowest BCUT2D eigenvalue weighted by atomic mass is 10.1. The lowest BCUT2D eigenvalue weighted by Gasteiger charge is -2.27. The van der Waals surface area contributed by atoms with Crippen LogP contribution >= 0.6 is 0 Å². The predicted octanol–water partition coefficient (Wildman–Crippen LogP) is 2.51. The van der Waals surface area contributed by atoms with Crippen molar-refractivity contribution in [2.24, 2.45) is 0 Å². The average Bonchev–Trinajstić information content (AvgIpc) is 2.94. The van der Waals surface area contributed by atoms with Crippen molar-refractivity contribution in [2.45, 2.75) is 26.3 Å². The van der Waals surface area contributed by atoms with E-state index in [0.717, 1.165) is 0 Å². The molecule has 0 bridgehead atoms. The number of amides is 2. The summed E-state index contributed by atoms with van der Waals surface area (Å²) in [5.41, 5.74) is 1.43. The van der Waals surface area contributed by atoms with E-state index in [2.05, 4.69) is 5.32 Å². The quantitative estimate of drug-likeness (QED) is 0.866. The van der Waals surface area contributed by atoms with Crippen LogP contribution in [0, 0.1) is 6.92 Å². The molecule has 1 aliphatic rings. The first-order valence-electron chi connectivity index (χ1n) is 7.89. The molecule has 2 aromatic rings. The standard InChI is InChI=1S/C18H18N2O5/c1-11-9-16(21)19-14-5-3-4-6-15(14)20(11)17(22)10-25-18(23)13-7-8-24-12(13)2/h3-8,11H,9-10H2,1-2H3,(H,19,21)/t11-/m1/s1. The van der Waals surface area contributed by atoms with Gasteiger partial charge in [-0.3, -0.25) is 9.59 Å². The molecule has 3 rings (SSSR count). The van der Waals surface area contributed by atoms with Gasteiger partial charge in [-0.2, -0.15) is 0 Å². The summed E-state index contributed by atoms with van der Waals surface area (Å²) in [6.45, 7) is 3.00. The molecule has 0 fully saturated rings. The maximum Gasteiger partial charge on any atom is 0.342 e. The Morgan fingerprint density at radius 1 is 1.32 bits per heavy atom. The highest BCUT2D eigenvalue weighted by molar-refractivity contribution is 6.05. The number of rotatable bonds is 3. The molecule has 0 saturated heterocycles. The summed E-state index contributed by atoms with van der Waals surface area (Å²) in [4.78, 5) is 38.1. The molecule has 25 heavy (non-hydrogen) atoms. The van der Waals surface area contributed by atoms with Gasteiger partial charge in [-0.1, -0.05) is 12.1 Å². The van der Waals surface area contributed by atoms with Gasteiger partial charge in [0.2, 0.25) is 5.91 Å². The maximum absolute atomic E-state index is 12.7. The molecular formula is C18H18N2O5. The number of nitrogens with one attached hydrogen (secondary N) is 1. The smallest absolute Gasteiger partial charge is 0.342 e. The third kappa shape index (κ3) is 3.40. The molecule has 0 unspecified atom stereocenters. The molecule has 1 N–H and O–H groups in total. The van der Waals surface area contributed by atoms with Crippen molar-refractivity contribution in [3.05, 3.63) is 47.9 Å². The Morgan fingerprint density at radius 2 is 2.08 bits per heavy atom. The van der Waals surface area contributed by atoms with Gasteiger partial charge in [0, 0.05) is 12.5 Å². The van der Waals surface area contributed by atoms with Gasteiger partial charge in [-0.05, 0) is 32.0 Å². The molecule has 1 aliphatic heterocycles. The van der Waals surface area contributed by atoms with Gasteiger partial charge in [0.25, 0.3) is 5.91 Å². The van der Waals surface area contributed by atoms with Gasteiger partial charge in [0.15, 0.2) is 6.61 Å². The number of ether oxygens (including phenoxy) is 1. The minimum Gasteiger partial charge on any atom is -0.469 e. The summed E-state index contributed by atoms with van der Waals surface area (Å²) in [6.07, 6.45) is 1.55. The number of carbonyl (C=O) groups is 3. The third-order valence-corrected chi connectivity index (χ3v) is 4.03. The average molecular weight is 342 g/mol. The van der Waals surface area contributed by atoms with Crippen molar-refractivity contribution in [3.63, 3.8) is 0 Å². The molecule has 2 amide bonds. The lowest BCUT2D eigenvalue weighted by molar-refractivity contribution is -0.122. The molecule has 0 saturated carbocycles. The highest BCUT2D eigenvalue weighted by Crippen LogP contribution is 2.31. The summed E-state index contributed by atoms with van der Waals surface area (Å²) in [6, 6.07) is 8.17. The normalized spacial score (nSPS) is 16.6. The Kier molecular flexibility index (Phi) is 4.56. The zero-order valence-corrected chi connectivity index (χ0v) is 13.9.